The van der Waals surface area contributed by atoms with Crippen molar-refractivity contribution < 1.29 is 48.7 Å². The molecule has 0 aliphatic rings. The lowest BCUT2D eigenvalue weighted by molar-refractivity contribution is -0.332. The predicted molar refractivity (Wildman–Crippen MR) is 65.4 cm³/mol. The third kappa shape index (κ3) is 5.64. The van der Waals surface area contributed by atoms with Crippen molar-refractivity contribution in [3.63, 3.8) is 0 Å². The van der Waals surface area contributed by atoms with Crippen LogP contribution in [0.2, 0.25) is 0 Å². The normalized spacial score (nSPS) is 13.0. The molecule has 13 heteroatoms. The molecule has 0 atom stereocenters. The van der Waals surface area contributed by atoms with E-state index in [-0.39, 0.29) is 13.0 Å². The quantitative estimate of drug-likeness (QED) is 0.454. The minimum Gasteiger partial charge on any atom is -0.463 e. The van der Waals surface area contributed by atoms with E-state index in [0.29, 0.717) is 16.9 Å². The van der Waals surface area contributed by atoms with Gasteiger partial charge >= 0.3 is 23.3 Å². The molecule has 5 nitrogen and oxygen atoms in total. The summed E-state index contributed by atoms with van der Waals surface area (Å²) in [7, 11) is -5.80. The van der Waals surface area contributed by atoms with E-state index in [1.54, 1.807) is 13.8 Å². The van der Waals surface area contributed by atoms with E-state index in [1.165, 1.54) is 0 Å². The van der Waals surface area contributed by atoms with Gasteiger partial charge in [0.15, 0.2) is 0 Å². The van der Waals surface area contributed by atoms with Crippen LogP contribution in [0.15, 0.2) is 12.2 Å². The van der Waals surface area contributed by atoms with Crippen LogP contribution in [-0.4, -0.2) is 45.4 Å². The maximum Gasteiger partial charge on any atom is 0.461 e. The Morgan fingerprint density at radius 3 is 1.70 bits per heavy atom. The molecule has 0 aliphatic carbocycles. The first kappa shape index (κ1) is 23.9. The van der Waals surface area contributed by atoms with Gasteiger partial charge in [0.2, 0.25) is 0 Å². The van der Waals surface area contributed by atoms with Crippen LogP contribution in [0, 0.1) is 0 Å². The van der Waals surface area contributed by atoms with E-state index in [0.717, 1.165) is 0 Å². The van der Waals surface area contributed by atoms with Crippen molar-refractivity contribution in [2.75, 3.05) is 13.7 Å². The number of ether oxygens (including phenoxy) is 1. The molecule has 0 rings (SSSR count). The molecule has 0 saturated heterocycles. The van der Waals surface area contributed by atoms with Gasteiger partial charge in [-0.05, 0) is 20.9 Å². The van der Waals surface area contributed by atoms with Crippen molar-refractivity contribution in [3.8, 4) is 0 Å². The molecule has 0 aromatic rings. The van der Waals surface area contributed by atoms with Crippen LogP contribution in [0.3, 0.4) is 0 Å². The highest BCUT2D eigenvalue weighted by atomic mass is 32.2. The van der Waals surface area contributed by atoms with Gasteiger partial charge in [-0.3, -0.25) is 0 Å². The van der Waals surface area contributed by atoms with Crippen LogP contribution in [0.1, 0.15) is 13.8 Å². The van der Waals surface area contributed by atoms with Crippen molar-refractivity contribution in [1.82, 2.24) is 4.72 Å². The Labute approximate surface area is 127 Å². The highest BCUT2D eigenvalue weighted by molar-refractivity contribution is 7.90. The summed E-state index contributed by atoms with van der Waals surface area (Å²) in [5, 5.41) is -6.27. The lowest BCUT2D eigenvalue weighted by atomic mass is 10.3. The molecule has 23 heavy (non-hydrogen) atoms. The van der Waals surface area contributed by atoms with Gasteiger partial charge < -0.3 is 4.74 Å². The molecule has 0 bridgehead atoms. The monoisotopic (exact) mass is 377 g/mol. The molecule has 0 amide bonds. The van der Waals surface area contributed by atoms with E-state index in [9.17, 15) is 43.9 Å². The molecular formula is C10H14F7NO4S. The van der Waals surface area contributed by atoms with E-state index in [2.05, 4.69) is 11.3 Å². The molecule has 0 aromatic carbocycles. The van der Waals surface area contributed by atoms with Gasteiger partial charge in [-0.1, -0.05) is 6.58 Å². The Hall–Kier alpha value is -1.37. The summed E-state index contributed by atoms with van der Waals surface area (Å²) in [6.07, 6.45) is -6.67. The highest BCUT2D eigenvalue weighted by Gasteiger charge is 2.78. The highest BCUT2D eigenvalue weighted by Crippen LogP contribution is 2.48. The van der Waals surface area contributed by atoms with Crippen LogP contribution in [-0.2, 0) is 19.6 Å². The van der Waals surface area contributed by atoms with Crippen LogP contribution < -0.4 is 4.72 Å². The number of hydrogen-bond donors (Lipinski definition) is 1. The number of carbonyl (C=O) groups is 1. The summed E-state index contributed by atoms with van der Waals surface area (Å²) >= 11 is 0. The number of sulfonamides is 1. The zero-order valence-corrected chi connectivity index (χ0v) is 12.9. The van der Waals surface area contributed by atoms with Crippen LogP contribution in [0.5, 0.6) is 0 Å². The number of alkyl halides is 7. The van der Waals surface area contributed by atoms with Crippen molar-refractivity contribution in [2.24, 2.45) is 0 Å². The second-order valence-electron chi connectivity index (χ2n) is 3.80. The van der Waals surface area contributed by atoms with Crippen molar-refractivity contribution in [2.45, 2.75) is 31.2 Å². The molecule has 0 radical (unpaired) electrons. The third-order valence-electron chi connectivity index (χ3n) is 1.95. The summed E-state index contributed by atoms with van der Waals surface area (Å²) in [5.41, 5.74) is 0.451. The largest absolute Gasteiger partial charge is 0.463 e. The predicted octanol–water partition coefficient (Wildman–Crippen LogP) is 2.45. The maximum absolute atomic E-state index is 12.4. The molecule has 0 saturated carbocycles. The number of hydrogen-bond acceptors (Lipinski definition) is 4. The second kappa shape index (κ2) is 7.95. The lowest BCUT2D eigenvalue weighted by Crippen LogP contribution is -2.58. The van der Waals surface area contributed by atoms with Crippen LogP contribution in [0.25, 0.3) is 0 Å². The average Bonchev–Trinajstić information content (AvgIpc) is 2.37. The van der Waals surface area contributed by atoms with E-state index in [1.807, 2.05) is 0 Å². The number of rotatable bonds is 5. The van der Waals surface area contributed by atoms with Gasteiger partial charge in [0.25, 0.3) is 10.0 Å². The third-order valence-corrected chi connectivity index (χ3v) is 3.42. The molecule has 0 spiro atoms. The zero-order valence-electron chi connectivity index (χ0n) is 12.1. The fraction of sp³-hybridized carbons (Fsp3) is 0.700. The van der Waals surface area contributed by atoms with Gasteiger partial charge in [-0.25, -0.2) is 17.9 Å². The Balaban J connectivity index is 0. The van der Waals surface area contributed by atoms with Crippen molar-refractivity contribution >= 4 is 16.0 Å². The Morgan fingerprint density at radius 1 is 1.13 bits per heavy atom. The van der Waals surface area contributed by atoms with E-state index in [4.69, 9.17) is 0 Å². The van der Waals surface area contributed by atoms with Gasteiger partial charge in [-0.2, -0.15) is 30.7 Å². The lowest BCUT2D eigenvalue weighted by Gasteiger charge is -2.27. The van der Waals surface area contributed by atoms with E-state index < -0.39 is 27.4 Å². The Bertz CT molecular complexity index is 528. The van der Waals surface area contributed by atoms with Crippen LogP contribution in [0.4, 0.5) is 30.7 Å². The summed E-state index contributed by atoms with van der Waals surface area (Å²) < 4.78 is 109. The summed E-state index contributed by atoms with van der Waals surface area (Å²) in [4.78, 5) is 10.4. The van der Waals surface area contributed by atoms with Gasteiger partial charge in [0.1, 0.15) is 0 Å². The van der Waals surface area contributed by atoms with E-state index >= 15 is 0 Å². The number of nitrogens with one attached hydrogen (secondary N) is 1. The number of carbonyl (C=O) groups excluding carboxylic acids is 1. The zero-order chi connectivity index (χ0) is 19.3. The molecule has 0 aromatic heterocycles. The first-order valence-corrected chi connectivity index (χ1v) is 7.06. The molecular weight excluding hydrogens is 363 g/mol. The first-order chi connectivity index (χ1) is 9.99. The van der Waals surface area contributed by atoms with Gasteiger partial charge in [-0.15, -0.1) is 0 Å². The van der Waals surface area contributed by atoms with Gasteiger partial charge in [0, 0.05) is 5.57 Å². The Morgan fingerprint density at radius 2 is 1.52 bits per heavy atom. The maximum atomic E-state index is 12.4. The SMILES string of the molecule is C=C(C)C(=O)OCC.CNS(=O)(=O)C(F)(F)C(F)(F)C(F)(F)F. The molecule has 138 valence electrons. The summed E-state index contributed by atoms with van der Waals surface area (Å²) in [6.45, 7) is 7.21. The Kier molecular flexibility index (Phi) is 8.25. The number of halogens is 7. The standard InChI is InChI=1S/C6H10O2.C4H4F7NO2S/c1-4-8-6(7)5(2)3;1-12-15(13,14)4(10,11)2(5,6)3(7,8)9/h2,4H2,1,3H3;12H,1H3. The van der Waals surface area contributed by atoms with Crippen molar-refractivity contribution in [1.29, 1.82) is 0 Å². The fourth-order valence-corrected chi connectivity index (χ4v) is 1.43. The first-order valence-electron chi connectivity index (χ1n) is 5.57. The molecule has 0 aliphatic heterocycles. The molecule has 1 N–H and O–H groups in total. The fourth-order valence-electron chi connectivity index (χ4n) is 0.716. The smallest absolute Gasteiger partial charge is 0.461 e. The molecule has 0 fully saturated rings. The molecule has 0 unspecified atom stereocenters. The summed E-state index contributed by atoms with van der Waals surface area (Å²) in [6, 6.07) is 0. The van der Waals surface area contributed by atoms with Gasteiger partial charge in [0.05, 0.1) is 6.61 Å². The van der Waals surface area contributed by atoms with Crippen molar-refractivity contribution in [3.05, 3.63) is 12.2 Å². The topological polar surface area (TPSA) is 72.5 Å². The number of esters is 1. The minimum absolute atomic E-state index is 0.287. The minimum atomic E-state index is -6.67. The van der Waals surface area contributed by atoms with Crippen LogP contribution >= 0.6 is 0 Å². The molecule has 0 heterocycles. The average molecular weight is 377 g/mol. The second-order valence-corrected chi connectivity index (χ2v) is 5.73. The summed E-state index contributed by atoms with van der Waals surface area (Å²) in [5.74, 6) is -6.98.